The molecule has 108 valence electrons. The van der Waals surface area contributed by atoms with Crippen LogP contribution < -0.4 is 11.3 Å². The van der Waals surface area contributed by atoms with Gasteiger partial charge in [0.05, 0.1) is 11.7 Å². The monoisotopic (exact) mass is 272 g/mol. The van der Waals surface area contributed by atoms with Gasteiger partial charge in [0, 0.05) is 18.7 Å². The average molecular weight is 272 g/mol. The number of rotatable bonds is 5. The number of hydrogen-bond donors (Lipinski definition) is 2. The average Bonchev–Trinajstić information content (AvgIpc) is 2.88. The van der Waals surface area contributed by atoms with E-state index in [0.29, 0.717) is 6.04 Å². The number of nitrogens with one attached hydrogen (secondary N) is 1. The van der Waals surface area contributed by atoms with Crippen LogP contribution in [0.15, 0.2) is 30.5 Å². The molecule has 0 fully saturated rings. The first kappa shape index (κ1) is 14.8. The number of hydrazine groups is 1. The second-order valence-corrected chi connectivity index (χ2v) is 5.66. The minimum absolute atomic E-state index is 0.0883. The molecule has 4 heteroatoms. The van der Waals surface area contributed by atoms with Crippen molar-refractivity contribution in [2.45, 2.75) is 46.2 Å². The van der Waals surface area contributed by atoms with Crippen LogP contribution in [-0.4, -0.2) is 9.78 Å². The summed E-state index contributed by atoms with van der Waals surface area (Å²) in [7, 11) is 0. The van der Waals surface area contributed by atoms with Crippen molar-refractivity contribution in [1.82, 2.24) is 15.2 Å². The van der Waals surface area contributed by atoms with Crippen LogP contribution in [0.1, 0.15) is 48.3 Å². The van der Waals surface area contributed by atoms with E-state index in [1.807, 2.05) is 10.9 Å². The molecule has 4 nitrogen and oxygen atoms in total. The summed E-state index contributed by atoms with van der Waals surface area (Å²) >= 11 is 0. The molecular weight excluding hydrogens is 248 g/mol. The van der Waals surface area contributed by atoms with E-state index in [-0.39, 0.29) is 6.04 Å². The van der Waals surface area contributed by atoms with Crippen LogP contribution in [0.2, 0.25) is 0 Å². The first-order valence-corrected chi connectivity index (χ1v) is 7.08. The minimum atomic E-state index is 0.0883. The van der Waals surface area contributed by atoms with E-state index in [1.165, 1.54) is 16.7 Å². The van der Waals surface area contributed by atoms with Gasteiger partial charge in [-0.15, -0.1) is 0 Å². The zero-order chi connectivity index (χ0) is 14.7. The van der Waals surface area contributed by atoms with Crippen LogP contribution in [0.4, 0.5) is 0 Å². The third-order valence-electron chi connectivity index (χ3n) is 3.62. The zero-order valence-corrected chi connectivity index (χ0v) is 12.7. The van der Waals surface area contributed by atoms with Crippen molar-refractivity contribution >= 4 is 0 Å². The minimum Gasteiger partial charge on any atom is -0.271 e. The molecule has 1 aromatic carbocycles. The maximum absolute atomic E-state index is 5.75. The maximum Gasteiger partial charge on any atom is 0.0644 e. The molecule has 3 N–H and O–H groups in total. The summed E-state index contributed by atoms with van der Waals surface area (Å²) in [6.45, 7) is 8.47. The fourth-order valence-electron chi connectivity index (χ4n) is 2.38. The number of hydrogen-bond acceptors (Lipinski definition) is 3. The van der Waals surface area contributed by atoms with Crippen LogP contribution >= 0.6 is 0 Å². The van der Waals surface area contributed by atoms with Gasteiger partial charge in [-0.2, -0.15) is 5.10 Å². The molecule has 0 aliphatic carbocycles. The van der Waals surface area contributed by atoms with Crippen LogP contribution in [-0.2, 0) is 6.42 Å². The first-order chi connectivity index (χ1) is 9.51. The lowest BCUT2D eigenvalue weighted by Gasteiger charge is -2.18. The third kappa shape index (κ3) is 3.26. The second kappa shape index (κ2) is 6.20. The number of nitrogens with zero attached hydrogens (tertiary/aromatic N) is 2. The Morgan fingerprint density at radius 1 is 1.25 bits per heavy atom. The molecule has 0 spiro atoms. The van der Waals surface area contributed by atoms with Crippen LogP contribution in [0.5, 0.6) is 0 Å². The Morgan fingerprint density at radius 3 is 2.60 bits per heavy atom. The summed E-state index contributed by atoms with van der Waals surface area (Å²) in [6.07, 6.45) is 2.82. The fourth-order valence-corrected chi connectivity index (χ4v) is 2.38. The van der Waals surface area contributed by atoms with Gasteiger partial charge in [0.1, 0.15) is 0 Å². The van der Waals surface area contributed by atoms with Gasteiger partial charge < -0.3 is 0 Å². The summed E-state index contributed by atoms with van der Waals surface area (Å²) < 4.78 is 1.98. The smallest absolute Gasteiger partial charge is 0.0644 e. The van der Waals surface area contributed by atoms with Gasteiger partial charge in [-0.05, 0) is 44.9 Å². The van der Waals surface area contributed by atoms with Gasteiger partial charge in [-0.3, -0.25) is 16.0 Å². The molecule has 0 amide bonds. The van der Waals surface area contributed by atoms with Crippen LogP contribution in [0.3, 0.4) is 0 Å². The molecule has 0 bridgehead atoms. The number of nitrogens with two attached hydrogens (primary N) is 1. The molecule has 2 aromatic rings. The van der Waals surface area contributed by atoms with Crippen LogP contribution in [0.25, 0.3) is 0 Å². The number of benzene rings is 1. The van der Waals surface area contributed by atoms with E-state index in [9.17, 15) is 0 Å². The Hall–Kier alpha value is -1.65. The molecule has 0 aliphatic heterocycles. The molecule has 1 atom stereocenters. The van der Waals surface area contributed by atoms with Crippen molar-refractivity contribution in [3.63, 3.8) is 0 Å². The van der Waals surface area contributed by atoms with Crippen molar-refractivity contribution in [3.05, 3.63) is 52.8 Å². The summed E-state index contributed by atoms with van der Waals surface area (Å²) in [6, 6.07) is 9.00. The number of aromatic nitrogens is 2. The molecule has 1 unspecified atom stereocenters. The van der Waals surface area contributed by atoms with Crippen molar-refractivity contribution < 1.29 is 0 Å². The lowest BCUT2D eigenvalue weighted by Crippen LogP contribution is -2.30. The Kier molecular flexibility index (Phi) is 4.57. The van der Waals surface area contributed by atoms with Gasteiger partial charge in [0.25, 0.3) is 0 Å². The summed E-state index contributed by atoms with van der Waals surface area (Å²) in [5.41, 5.74) is 7.72. The van der Waals surface area contributed by atoms with Crippen molar-refractivity contribution in [1.29, 1.82) is 0 Å². The lowest BCUT2D eigenvalue weighted by atomic mass is 9.96. The molecule has 0 aliphatic rings. The van der Waals surface area contributed by atoms with Gasteiger partial charge in [-0.25, -0.2) is 0 Å². The first-order valence-electron chi connectivity index (χ1n) is 7.08. The highest BCUT2D eigenvalue weighted by Crippen LogP contribution is 2.22. The van der Waals surface area contributed by atoms with Gasteiger partial charge in [-0.1, -0.05) is 23.8 Å². The Morgan fingerprint density at radius 2 is 2.00 bits per heavy atom. The highest BCUT2D eigenvalue weighted by molar-refractivity contribution is 5.33. The highest BCUT2D eigenvalue weighted by atomic mass is 15.3. The molecular formula is C16H24N4. The van der Waals surface area contributed by atoms with Gasteiger partial charge >= 0.3 is 0 Å². The van der Waals surface area contributed by atoms with E-state index in [4.69, 9.17) is 5.84 Å². The van der Waals surface area contributed by atoms with Crippen LogP contribution in [0, 0.1) is 13.8 Å². The molecule has 0 saturated carbocycles. The predicted molar refractivity (Wildman–Crippen MR) is 82.3 cm³/mol. The van der Waals surface area contributed by atoms with Crippen molar-refractivity contribution in [2.24, 2.45) is 5.84 Å². The Labute approximate surface area is 121 Å². The molecule has 20 heavy (non-hydrogen) atoms. The van der Waals surface area contributed by atoms with Gasteiger partial charge in [0.2, 0.25) is 0 Å². The molecule has 0 radical (unpaired) electrons. The normalized spacial score (nSPS) is 12.9. The zero-order valence-electron chi connectivity index (χ0n) is 12.7. The van der Waals surface area contributed by atoms with E-state index < -0.39 is 0 Å². The molecule has 1 heterocycles. The number of aryl methyl sites for hydroxylation is 2. The third-order valence-corrected chi connectivity index (χ3v) is 3.62. The maximum atomic E-state index is 5.75. The standard InChI is InChI=1S/C16H24N4/c1-11(2)20-8-7-14(19-20)10-16(18-17)15-9-12(3)5-6-13(15)4/h5-9,11,16,18H,10,17H2,1-4H3. The van der Waals surface area contributed by atoms with E-state index in [0.717, 1.165) is 12.1 Å². The summed E-state index contributed by atoms with van der Waals surface area (Å²) in [5, 5.41) is 4.60. The topological polar surface area (TPSA) is 55.9 Å². The summed E-state index contributed by atoms with van der Waals surface area (Å²) in [5.74, 6) is 5.75. The predicted octanol–water partition coefficient (Wildman–Crippen LogP) is 2.83. The fraction of sp³-hybridized carbons (Fsp3) is 0.438. The van der Waals surface area contributed by atoms with E-state index in [2.05, 4.69) is 62.5 Å². The molecule has 2 rings (SSSR count). The lowest BCUT2D eigenvalue weighted by molar-refractivity contribution is 0.506. The molecule has 1 aromatic heterocycles. The highest BCUT2D eigenvalue weighted by Gasteiger charge is 2.15. The van der Waals surface area contributed by atoms with E-state index in [1.54, 1.807) is 0 Å². The Bertz CT molecular complexity index is 572. The van der Waals surface area contributed by atoms with Gasteiger partial charge in [0.15, 0.2) is 0 Å². The quantitative estimate of drug-likeness (QED) is 0.650. The van der Waals surface area contributed by atoms with Crippen molar-refractivity contribution in [2.75, 3.05) is 0 Å². The van der Waals surface area contributed by atoms with Crippen molar-refractivity contribution in [3.8, 4) is 0 Å². The second-order valence-electron chi connectivity index (χ2n) is 5.66. The SMILES string of the molecule is Cc1ccc(C)c(C(Cc2ccn(C(C)C)n2)NN)c1. The Balaban J connectivity index is 2.21. The molecule has 0 saturated heterocycles. The summed E-state index contributed by atoms with van der Waals surface area (Å²) in [4.78, 5) is 0. The van der Waals surface area contributed by atoms with E-state index >= 15 is 0 Å². The largest absolute Gasteiger partial charge is 0.271 e.